The molecule has 5 rings (SSSR count). The van der Waals surface area contributed by atoms with Crippen molar-refractivity contribution in [2.45, 2.75) is 31.2 Å². The van der Waals surface area contributed by atoms with Gasteiger partial charge in [0, 0.05) is 24.5 Å². The van der Waals surface area contributed by atoms with Crippen LogP contribution in [-0.4, -0.2) is 53.8 Å². The fourth-order valence-corrected chi connectivity index (χ4v) is 4.65. The molecule has 0 aliphatic carbocycles. The predicted molar refractivity (Wildman–Crippen MR) is 99.6 cm³/mol. The molecule has 1 aromatic heterocycles. The van der Waals surface area contributed by atoms with Crippen molar-refractivity contribution in [2.75, 3.05) is 25.0 Å². The Morgan fingerprint density at radius 3 is 2.74 bits per heavy atom. The monoisotopic (exact) mass is 364 g/mol. The van der Waals surface area contributed by atoms with Gasteiger partial charge < -0.3 is 4.90 Å². The quantitative estimate of drug-likeness (QED) is 0.815. The van der Waals surface area contributed by atoms with Crippen LogP contribution in [0.15, 0.2) is 24.4 Å². The van der Waals surface area contributed by atoms with Gasteiger partial charge in [0.05, 0.1) is 16.8 Å². The van der Waals surface area contributed by atoms with Crippen molar-refractivity contribution in [3.05, 3.63) is 35.5 Å². The van der Waals surface area contributed by atoms with E-state index in [1.54, 1.807) is 17.2 Å². The summed E-state index contributed by atoms with van der Waals surface area (Å²) in [6.45, 7) is 2.03. The molecule has 1 N–H and O–H groups in total. The van der Waals surface area contributed by atoms with E-state index in [4.69, 9.17) is 0 Å². The van der Waals surface area contributed by atoms with Gasteiger partial charge in [0.25, 0.3) is 5.91 Å². The average molecular weight is 364 g/mol. The highest BCUT2D eigenvalue weighted by molar-refractivity contribution is 6.27. The highest BCUT2D eigenvalue weighted by atomic mass is 16.2. The summed E-state index contributed by atoms with van der Waals surface area (Å²) in [6, 6.07) is 5.03. The summed E-state index contributed by atoms with van der Waals surface area (Å²) >= 11 is 0. The van der Waals surface area contributed by atoms with Crippen molar-refractivity contribution < 1.29 is 14.4 Å². The van der Waals surface area contributed by atoms with E-state index >= 15 is 0 Å². The molecule has 0 bridgehead atoms. The lowest BCUT2D eigenvalue weighted by atomic mass is 9.94. The normalized spacial score (nSPS) is 25.5. The fourth-order valence-electron chi connectivity index (χ4n) is 4.65. The highest BCUT2D eigenvalue weighted by Gasteiger charge is 2.41. The third kappa shape index (κ3) is 2.38. The van der Waals surface area contributed by atoms with E-state index in [0.29, 0.717) is 17.9 Å². The van der Waals surface area contributed by atoms with Crippen molar-refractivity contribution >= 4 is 34.3 Å². The van der Waals surface area contributed by atoms with Gasteiger partial charge in [0.2, 0.25) is 11.8 Å². The Labute approximate surface area is 156 Å². The summed E-state index contributed by atoms with van der Waals surface area (Å²) in [4.78, 5) is 45.4. The van der Waals surface area contributed by atoms with Crippen molar-refractivity contribution in [1.29, 1.82) is 0 Å². The minimum Gasteiger partial charge on any atom is -0.306 e. The molecular weight excluding hydrogens is 344 g/mol. The number of amides is 3. The topological polar surface area (TPSA) is 82.6 Å². The Balaban J connectivity index is 1.62. The van der Waals surface area contributed by atoms with Crippen LogP contribution in [0.4, 0.5) is 5.69 Å². The number of likely N-dealkylation sites (N-methyl/N-ethyl adjacent to an activating group) is 1. The lowest BCUT2D eigenvalue weighted by molar-refractivity contribution is -0.134. The molecule has 2 unspecified atom stereocenters. The van der Waals surface area contributed by atoms with Crippen LogP contribution < -0.4 is 10.2 Å². The molecule has 1 aromatic carbocycles. The van der Waals surface area contributed by atoms with Crippen LogP contribution in [0.2, 0.25) is 0 Å². The first-order valence-corrected chi connectivity index (χ1v) is 9.32. The standard InChI is InChI=1S/C20H20N4O3/c1-23-9-7-11(10-23)12-2-3-13-17-14(6-8-21-18(12)17)24(20(13)27)15-4-5-16(25)22-19(15)26/h2-3,6,8,11,15H,4-5,7,9-10H2,1H3,(H,22,25,26). The lowest BCUT2D eigenvalue weighted by Gasteiger charge is -2.30. The Morgan fingerprint density at radius 1 is 1.15 bits per heavy atom. The van der Waals surface area contributed by atoms with Crippen LogP contribution in [0, 0.1) is 0 Å². The Hall–Kier alpha value is -2.80. The van der Waals surface area contributed by atoms with E-state index in [1.807, 2.05) is 12.1 Å². The number of piperidine rings is 1. The summed E-state index contributed by atoms with van der Waals surface area (Å²) in [5.41, 5.74) is 3.34. The molecule has 0 radical (unpaired) electrons. The number of nitrogens with one attached hydrogen (secondary N) is 1. The third-order valence-electron chi connectivity index (χ3n) is 5.96. The van der Waals surface area contributed by atoms with Crippen LogP contribution in [0.1, 0.15) is 41.1 Å². The maximum Gasteiger partial charge on any atom is 0.259 e. The Kier molecular flexibility index (Phi) is 3.55. The van der Waals surface area contributed by atoms with Crippen LogP contribution in [-0.2, 0) is 9.59 Å². The first kappa shape index (κ1) is 16.4. The summed E-state index contributed by atoms with van der Waals surface area (Å²) in [6.07, 6.45) is 3.36. The molecule has 7 nitrogen and oxygen atoms in total. The molecule has 0 spiro atoms. The molecule has 27 heavy (non-hydrogen) atoms. The zero-order valence-corrected chi connectivity index (χ0v) is 15.1. The summed E-state index contributed by atoms with van der Waals surface area (Å²) < 4.78 is 0. The van der Waals surface area contributed by atoms with E-state index < -0.39 is 11.9 Å². The van der Waals surface area contributed by atoms with Gasteiger partial charge in [0.15, 0.2) is 0 Å². The van der Waals surface area contributed by atoms with Crippen LogP contribution in [0.3, 0.4) is 0 Å². The first-order chi connectivity index (χ1) is 13.0. The molecule has 2 aromatic rings. The minimum absolute atomic E-state index is 0.187. The molecule has 3 aliphatic heterocycles. The molecule has 0 saturated carbocycles. The van der Waals surface area contributed by atoms with E-state index in [9.17, 15) is 14.4 Å². The molecule has 2 saturated heterocycles. The second-order valence-corrected chi connectivity index (χ2v) is 7.65. The summed E-state index contributed by atoms with van der Waals surface area (Å²) in [5.74, 6) is -0.484. The summed E-state index contributed by atoms with van der Waals surface area (Å²) in [7, 11) is 2.11. The van der Waals surface area contributed by atoms with E-state index in [1.165, 1.54) is 0 Å². The number of carbonyl (C=O) groups is 3. The van der Waals surface area contributed by atoms with E-state index in [0.717, 1.165) is 41.7 Å². The number of rotatable bonds is 2. The van der Waals surface area contributed by atoms with Gasteiger partial charge in [-0.2, -0.15) is 0 Å². The number of hydrogen-bond acceptors (Lipinski definition) is 5. The second-order valence-electron chi connectivity index (χ2n) is 7.65. The third-order valence-corrected chi connectivity index (χ3v) is 5.96. The van der Waals surface area contributed by atoms with Crippen molar-refractivity contribution in [3.8, 4) is 0 Å². The molecule has 3 aliphatic rings. The minimum atomic E-state index is -0.658. The number of nitrogens with zero attached hydrogens (tertiary/aromatic N) is 3. The first-order valence-electron chi connectivity index (χ1n) is 9.32. The number of carbonyl (C=O) groups excluding carboxylic acids is 3. The van der Waals surface area contributed by atoms with Gasteiger partial charge in [-0.3, -0.25) is 29.6 Å². The van der Waals surface area contributed by atoms with E-state index in [2.05, 4.69) is 22.2 Å². The molecule has 3 amide bonds. The number of likely N-dealkylation sites (tertiary alicyclic amines) is 1. The molecular formula is C20H20N4O3. The number of pyridine rings is 1. The fraction of sp³-hybridized carbons (Fsp3) is 0.400. The maximum absolute atomic E-state index is 13.1. The second kappa shape index (κ2) is 5.85. The predicted octanol–water partition coefficient (Wildman–Crippen LogP) is 1.42. The largest absolute Gasteiger partial charge is 0.306 e. The van der Waals surface area contributed by atoms with Gasteiger partial charge in [-0.1, -0.05) is 6.07 Å². The summed E-state index contributed by atoms with van der Waals surface area (Å²) in [5, 5.41) is 3.19. The zero-order chi connectivity index (χ0) is 18.7. The van der Waals surface area contributed by atoms with Gasteiger partial charge in [-0.05, 0) is 50.0 Å². The Bertz CT molecular complexity index is 1000. The average Bonchev–Trinajstić information content (AvgIpc) is 3.19. The van der Waals surface area contributed by atoms with Crippen LogP contribution in [0.5, 0.6) is 0 Å². The highest BCUT2D eigenvalue weighted by Crippen LogP contribution is 2.42. The van der Waals surface area contributed by atoms with Crippen LogP contribution in [0.25, 0.3) is 10.9 Å². The number of hydrogen-bond donors (Lipinski definition) is 1. The SMILES string of the molecule is CN1CCC(c2ccc3c4c(ccnc24)N(C2CCC(=O)NC2=O)C3=O)C1. The van der Waals surface area contributed by atoms with E-state index in [-0.39, 0.29) is 18.2 Å². The zero-order valence-electron chi connectivity index (χ0n) is 15.1. The van der Waals surface area contributed by atoms with Crippen molar-refractivity contribution in [3.63, 3.8) is 0 Å². The molecule has 7 heteroatoms. The smallest absolute Gasteiger partial charge is 0.259 e. The van der Waals surface area contributed by atoms with Crippen molar-refractivity contribution in [1.82, 2.24) is 15.2 Å². The van der Waals surface area contributed by atoms with Crippen molar-refractivity contribution in [2.24, 2.45) is 0 Å². The van der Waals surface area contributed by atoms with Gasteiger partial charge in [0.1, 0.15) is 6.04 Å². The Morgan fingerprint density at radius 2 is 2.00 bits per heavy atom. The molecule has 2 atom stereocenters. The van der Waals surface area contributed by atoms with Gasteiger partial charge in [-0.15, -0.1) is 0 Å². The van der Waals surface area contributed by atoms with Gasteiger partial charge in [-0.25, -0.2) is 0 Å². The van der Waals surface area contributed by atoms with Crippen LogP contribution >= 0.6 is 0 Å². The number of anilines is 1. The number of aromatic nitrogens is 1. The molecule has 138 valence electrons. The lowest BCUT2D eigenvalue weighted by Crippen LogP contribution is -2.53. The van der Waals surface area contributed by atoms with Gasteiger partial charge >= 0.3 is 0 Å². The number of benzene rings is 1. The maximum atomic E-state index is 13.1. The molecule has 2 fully saturated rings. The number of imide groups is 1. The molecule has 4 heterocycles.